The van der Waals surface area contributed by atoms with E-state index < -0.39 is 23.3 Å². The summed E-state index contributed by atoms with van der Waals surface area (Å²) >= 11 is 0. The number of carboxylic acids is 1. The van der Waals surface area contributed by atoms with Crippen LogP contribution in [0.3, 0.4) is 0 Å². The molecule has 2 aromatic heterocycles. The van der Waals surface area contributed by atoms with Crippen LogP contribution in [0.1, 0.15) is 27.0 Å². The molecule has 0 saturated heterocycles. The number of nitrogens with zero attached hydrogens (tertiary/aromatic N) is 1. The third kappa shape index (κ3) is 3.26. The minimum atomic E-state index is -4.41. The third-order valence-electron chi connectivity index (χ3n) is 3.86. The first kappa shape index (κ1) is 16.8. The van der Waals surface area contributed by atoms with Gasteiger partial charge >= 0.3 is 12.1 Å². The molecule has 1 N–H and O–H groups in total. The van der Waals surface area contributed by atoms with E-state index in [0.717, 1.165) is 12.1 Å². The van der Waals surface area contributed by atoms with Gasteiger partial charge in [0.05, 0.1) is 11.1 Å². The van der Waals surface area contributed by atoms with Crippen LogP contribution in [0, 0.1) is 0 Å². The minimum Gasteiger partial charge on any atom is -0.477 e. The van der Waals surface area contributed by atoms with Crippen molar-refractivity contribution < 1.29 is 23.1 Å². The number of carboxylic acid groups (broad SMARTS) is 1. The van der Waals surface area contributed by atoms with Crippen LogP contribution >= 0.6 is 0 Å². The lowest BCUT2D eigenvalue weighted by molar-refractivity contribution is -0.137. The number of hydrogen-bond donors (Lipinski definition) is 1. The Morgan fingerprint density at radius 2 is 1.76 bits per heavy atom. The van der Waals surface area contributed by atoms with Crippen LogP contribution in [0.5, 0.6) is 0 Å². The summed E-state index contributed by atoms with van der Waals surface area (Å²) in [5, 5.41) is 9.20. The van der Waals surface area contributed by atoms with E-state index in [2.05, 4.69) is 0 Å². The van der Waals surface area contributed by atoms with Crippen LogP contribution < -0.4 is 5.56 Å². The molecule has 2 heterocycles. The van der Waals surface area contributed by atoms with Crippen LogP contribution in [0.25, 0.3) is 5.52 Å². The van der Waals surface area contributed by atoms with Crippen molar-refractivity contribution in [2.75, 3.05) is 0 Å². The number of hydrogen-bond acceptors (Lipinski definition) is 2. The molecule has 0 spiro atoms. The number of rotatable bonds is 3. The predicted molar refractivity (Wildman–Crippen MR) is 84.9 cm³/mol. The molecule has 25 heavy (non-hydrogen) atoms. The molecule has 0 bridgehead atoms. The summed E-state index contributed by atoms with van der Waals surface area (Å²) in [5.41, 5.74) is -0.162. The summed E-state index contributed by atoms with van der Waals surface area (Å²) in [4.78, 5) is 23.5. The van der Waals surface area contributed by atoms with E-state index >= 15 is 0 Å². The number of halogens is 3. The summed E-state index contributed by atoms with van der Waals surface area (Å²) < 4.78 is 39.1. The van der Waals surface area contributed by atoms with Gasteiger partial charge in [-0.05, 0) is 47.9 Å². The highest BCUT2D eigenvalue weighted by Crippen LogP contribution is 2.29. The third-order valence-corrected chi connectivity index (χ3v) is 3.86. The molecule has 128 valence electrons. The lowest BCUT2D eigenvalue weighted by Crippen LogP contribution is -2.23. The second-order valence-corrected chi connectivity index (χ2v) is 5.52. The molecule has 0 fully saturated rings. The number of alkyl halides is 3. The van der Waals surface area contributed by atoms with Gasteiger partial charge in [0.1, 0.15) is 5.56 Å². The van der Waals surface area contributed by atoms with Gasteiger partial charge in [0.2, 0.25) is 0 Å². The minimum absolute atomic E-state index is 0.201. The molecule has 0 amide bonds. The molecule has 0 aliphatic rings. The second kappa shape index (κ2) is 6.08. The first-order valence-electron chi connectivity index (χ1n) is 7.30. The fourth-order valence-electron chi connectivity index (χ4n) is 2.65. The first-order valence-corrected chi connectivity index (χ1v) is 7.30. The highest BCUT2D eigenvalue weighted by atomic mass is 19.4. The number of aromatic carboxylic acids is 1. The van der Waals surface area contributed by atoms with Crippen molar-refractivity contribution in [3.63, 3.8) is 0 Å². The van der Waals surface area contributed by atoms with Crippen molar-refractivity contribution in [1.82, 2.24) is 4.40 Å². The van der Waals surface area contributed by atoms with E-state index in [0.29, 0.717) is 16.6 Å². The van der Waals surface area contributed by atoms with Gasteiger partial charge in [0.25, 0.3) is 5.56 Å². The summed E-state index contributed by atoms with van der Waals surface area (Å²) in [6.45, 7) is 0. The number of benzene rings is 1. The number of fused-ring (bicyclic) bond motifs is 1. The van der Waals surface area contributed by atoms with Crippen molar-refractivity contribution in [2.45, 2.75) is 12.6 Å². The Balaban J connectivity index is 2.08. The van der Waals surface area contributed by atoms with Crippen molar-refractivity contribution in [1.29, 1.82) is 0 Å². The van der Waals surface area contributed by atoms with Crippen LogP contribution in [-0.4, -0.2) is 15.5 Å². The number of pyridine rings is 2. The molecule has 7 heteroatoms. The summed E-state index contributed by atoms with van der Waals surface area (Å²) in [6, 6.07) is 10.9. The lowest BCUT2D eigenvalue weighted by Gasteiger charge is -2.11. The smallest absolute Gasteiger partial charge is 0.416 e. The monoisotopic (exact) mass is 347 g/mol. The zero-order valence-corrected chi connectivity index (χ0v) is 12.7. The van der Waals surface area contributed by atoms with Crippen molar-refractivity contribution >= 4 is 11.5 Å². The van der Waals surface area contributed by atoms with E-state index in [1.54, 1.807) is 18.2 Å². The Morgan fingerprint density at radius 1 is 1.08 bits per heavy atom. The summed E-state index contributed by atoms with van der Waals surface area (Å²) in [7, 11) is 0. The zero-order chi connectivity index (χ0) is 18.2. The highest BCUT2D eigenvalue weighted by Gasteiger charge is 2.29. The van der Waals surface area contributed by atoms with E-state index in [9.17, 15) is 27.9 Å². The summed E-state index contributed by atoms with van der Waals surface area (Å²) in [6.07, 6.45) is -2.76. The molecular formula is C18H12F3NO3. The molecule has 0 aliphatic carbocycles. The topological polar surface area (TPSA) is 58.8 Å². The predicted octanol–water partition coefficient (Wildman–Crippen LogP) is 3.61. The maximum absolute atomic E-state index is 12.6. The standard InChI is InChI=1S/C18H12F3NO3/c19-18(20,21)13-6-4-11(5-7-13)9-12-10-14(17(24)25)16(23)22-8-2-1-3-15(12)22/h1-8,10H,9H2,(H,24,25). The van der Waals surface area contributed by atoms with Crippen molar-refractivity contribution in [3.05, 3.63) is 87.3 Å². The van der Waals surface area contributed by atoms with E-state index in [4.69, 9.17) is 0 Å². The van der Waals surface area contributed by atoms with Crippen molar-refractivity contribution in [2.24, 2.45) is 0 Å². The zero-order valence-electron chi connectivity index (χ0n) is 12.7. The molecule has 3 aromatic rings. The molecule has 0 atom stereocenters. The molecule has 4 nitrogen and oxygen atoms in total. The lowest BCUT2D eigenvalue weighted by atomic mass is 10.0. The SMILES string of the molecule is O=C(O)c1cc(Cc2ccc(C(F)(F)F)cc2)c2ccccn2c1=O. The molecular weight excluding hydrogens is 335 g/mol. The fourth-order valence-corrected chi connectivity index (χ4v) is 2.65. The first-order chi connectivity index (χ1) is 11.8. The largest absolute Gasteiger partial charge is 0.477 e. The van der Waals surface area contributed by atoms with E-state index in [1.807, 2.05) is 0 Å². The fraction of sp³-hybridized carbons (Fsp3) is 0.111. The van der Waals surface area contributed by atoms with Crippen LogP contribution in [0.15, 0.2) is 59.5 Å². The van der Waals surface area contributed by atoms with Crippen molar-refractivity contribution in [3.8, 4) is 0 Å². The normalized spacial score (nSPS) is 11.6. The Morgan fingerprint density at radius 3 is 2.36 bits per heavy atom. The van der Waals surface area contributed by atoms with Gasteiger partial charge in [-0.25, -0.2) is 4.79 Å². The maximum atomic E-state index is 12.6. The van der Waals surface area contributed by atoms with E-state index in [1.165, 1.54) is 28.8 Å². The summed E-state index contributed by atoms with van der Waals surface area (Å²) in [5.74, 6) is -1.35. The Kier molecular flexibility index (Phi) is 4.08. The van der Waals surface area contributed by atoms with Gasteiger partial charge in [0, 0.05) is 6.20 Å². The van der Waals surface area contributed by atoms with Gasteiger partial charge in [-0.3, -0.25) is 9.20 Å². The van der Waals surface area contributed by atoms with Gasteiger partial charge in [-0.2, -0.15) is 13.2 Å². The molecule has 0 saturated carbocycles. The Labute approximate surface area is 139 Å². The molecule has 0 aliphatic heterocycles. The molecule has 3 rings (SSSR count). The Bertz CT molecular complexity index is 1000. The van der Waals surface area contributed by atoms with Gasteiger partial charge < -0.3 is 5.11 Å². The van der Waals surface area contributed by atoms with E-state index in [-0.39, 0.29) is 12.0 Å². The maximum Gasteiger partial charge on any atom is 0.416 e. The number of aromatic nitrogens is 1. The van der Waals surface area contributed by atoms with Gasteiger partial charge in [0.15, 0.2) is 0 Å². The van der Waals surface area contributed by atoms with Crippen LogP contribution in [0.4, 0.5) is 13.2 Å². The molecule has 0 unspecified atom stereocenters. The second-order valence-electron chi connectivity index (χ2n) is 5.52. The average molecular weight is 347 g/mol. The van der Waals surface area contributed by atoms with Crippen LogP contribution in [-0.2, 0) is 12.6 Å². The van der Waals surface area contributed by atoms with Crippen LogP contribution in [0.2, 0.25) is 0 Å². The Hall–Kier alpha value is -3.09. The van der Waals surface area contributed by atoms with Gasteiger partial charge in [-0.1, -0.05) is 18.2 Å². The van der Waals surface area contributed by atoms with Gasteiger partial charge in [-0.15, -0.1) is 0 Å². The molecule has 1 aromatic carbocycles. The quantitative estimate of drug-likeness (QED) is 0.787. The molecule has 0 radical (unpaired) electrons. The highest BCUT2D eigenvalue weighted by molar-refractivity contribution is 5.88. The average Bonchev–Trinajstić information content (AvgIpc) is 2.57. The number of carbonyl (C=O) groups is 1.